The molecule has 1 aliphatic heterocycles. The van der Waals surface area contributed by atoms with Gasteiger partial charge in [0.15, 0.2) is 11.6 Å². The van der Waals surface area contributed by atoms with Crippen LogP contribution in [0.4, 0.5) is 4.39 Å². The molecular formula is C19H21FN2O3. The van der Waals surface area contributed by atoms with Gasteiger partial charge in [-0.25, -0.2) is 4.39 Å². The van der Waals surface area contributed by atoms with Crippen LogP contribution in [0.25, 0.3) is 0 Å². The maximum absolute atomic E-state index is 14.2. The van der Waals surface area contributed by atoms with Gasteiger partial charge in [-0.1, -0.05) is 6.07 Å². The molecule has 1 aliphatic rings. The standard InChI is InChI=1S/C19H21FN2O3/c1-13-16(5-3-9-24-13)19(23)22-11-14-6-7-18(17(20)10-14)25-15-4-2-8-21-12-15/h2,4,6-8,10,12-13,16H,3,5,9,11H2,1H3,(H,22,23)/t13-,16+/m1/s1. The van der Waals surface area contributed by atoms with Crippen molar-refractivity contribution in [3.63, 3.8) is 0 Å². The molecule has 1 aromatic carbocycles. The van der Waals surface area contributed by atoms with E-state index in [1.165, 1.54) is 12.3 Å². The summed E-state index contributed by atoms with van der Waals surface area (Å²) in [5, 5.41) is 2.86. The topological polar surface area (TPSA) is 60.5 Å². The van der Waals surface area contributed by atoms with Gasteiger partial charge in [0.25, 0.3) is 0 Å². The lowest BCUT2D eigenvalue weighted by atomic mass is 9.94. The molecule has 1 amide bonds. The number of benzene rings is 1. The molecular weight excluding hydrogens is 323 g/mol. The number of carbonyl (C=O) groups excluding carboxylic acids is 1. The van der Waals surface area contributed by atoms with Gasteiger partial charge in [0.05, 0.1) is 18.2 Å². The molecule has 2 aromatic rings. The Hall–Kier alpha value is -2.47. The molecule has 0 bridgehead atoms. The minimum atomic E-state index is -0.482. The molecule has 1 aromatic heterocycles. The first-order chi connectivity index (χ1) is 12.1. The second kappa shape index (κ2) is 8.07. The van der Waals surface area contributed by atoms with Crippen molar-refractivity contribution in [2.45, 2.75) is 32.4 Å². The van der Waals surface area contributed by atoms with Crippen LogP contribution in [0.2, 0.25) is 0 Å². The monoisotopic (exact) mass is 344 g/mol. The zero-order valence-electron chi connectivity index (χ0n) is 14.1. The molecule has 6 heteroatoms. The molecule has 0 saturated carbocycles. The Kier molecular flexibility index (Phi) is 5.60. The Morgan fingerprint density at radius 1 is 1.44 bits per heavy atom. The smallest absolute Gasteiger partial charge is 0.225 e. The van der Waals surface area contributed by atoms with Crippen molar-refractivity contribution in [2.75, 3.05) is 6.61 Å². The summed E-state index contributed by atoms with van der Waals surface area (Å²) >= 11 is 0. The van der Waals surface area contributed by atoms with Gasteiger partial charge in [0, 0.05) is 19.3 Å². The summed E-state index contributed by atoms with van der Waals surface area (Å²) in [6.07, 6.45) is 4.76. The van der Waals surface area contributed by atoms with Gasteiger partial charge in [-0.2, -0.15) is 0 Å². The molecule has 1 N–H and O–H groups in total. The number of hydrogen-bond donors (Lipinski definition) is 1. The quantitative estimate of drug-likeness (QED) is 0.902. The minimum Gasteiger partial charge on any atom is -0.453 e. The van der Waals surface area contributed by atoms with E-state index in [0.717, 1.165) is 12.8 Å². The number of hydrogen-bond acceptors (Lipinski definition) is 4. The van der Waals surface area contributed by atoms with E-state index in [4.69, 9.17) is 9.47 Å². The average Bonchev–Trinajstić information content (AvgIpc) is 2.63. The fourth-order valence-electron chi connectivity index (χ4n) is 2.86. The lowest BCUT2D eigenvalue weighted by molar-refractivity contribution is -0.133. The lowest BCUT2D eigenvalue weighted by Crippen LogP contribution is -2.39. The normalized spacial score (nSPS) is 20.1. The fourth-order valence-corrected chi connectivity index (χ4v) is 2.86. The predicted molar refractivity (Wildman–Crippen MR) is 90.7 cm³/mol. The molecule has 132 valence electrons. The van der Waals surface area contributed by atoms with E-state index in [1.54, 1.807) is 30.5 Å². The molecule has 0 spiro atoms. The largest absolute Gasteiger partial charge is 0.453 e. The number of pyridine rings is 1. The third-order valence-electron chi connectivity index (χ3n) is 4.27. The highest BCUT2D eigenvalue weighted by Crippen LogP contribution is 2.25. The van der Waals surface area contributed by atoms with Crippen LogP contribution < -0.4 is 10.1 Å². The van der Waals surface area contributed by atoms with E-state index in [0.29, 0.717) is 17.9 Å². The number of aromatic nitrogens is 1. The Bertz CT molecular complexity index is 724. The van der Waals surface area contributed by atoms with Crippen LogP contribution in [0.15, 0.2) is 42.7 Å². The van der Waals surface area contributed by atoms with Crippen molar-refractivity contribution in [1.82, 2.24) is 10.3 Å². The molecule has 0 unspecified atom stereocenters. The van der Waals surface area contributed by atoms with Gasteiger partial charge in [0.2, 0.25) is 5.91 Å². The van der Waals surface area contributed by atoms with Gasteiger partial charge in [-0.15, -0.1) is 0 Å². The number of ether oxygens (including phenoxy) is 2. The first kappa shape index (κ1) is 17.4. The molecule has 2 heterocycles. The van der Waals surface area contributed by atoms with Crippen molar-refractivity contribution in [2.24, 2.45) is 5.92 Å². The molecule has 5 nitrogen and oxygen atoms in total. The van der Waals surface area contributed by atoms with Crippen LogP contribution in [0, 0.1) is 11.7 Å². The minimum absolute atomic E-state index is 0.0525. The molecule has 1 saturated heterocycles. The number of nitrogens with zero attached hydrogens (tertiary/aromatic N) is 1. The second-order valence-corrected chi connectivity index (χ2v) is 6.10. The molecule has 25 heavy (non-hydrogen) atoms. The first-order valence-corrected chi connectivity index (χ1v) is 8.39. The van der Waals surface area contributed by atoms with E-state index in [9.17, 15) is 9.18 Å². The van der Waals surface area contributed by atoms with E-state index in [2.05, 4.69) is 10.3 Å². The van der Waals surface area contributed by atoms with Crippen molar-refractivity contribution >= 4 is 5.91 Å². The van der Waals surface area contributed by atoms with E-state index in [1.807, 2.05) is 6.92 Å². The predicted octanol–water partition coefficient (Wildman–Crippen LogP) is 3.44. The van der Waals surface area contributed by atoms with E-state index < -0.39 is 5.82 Å². The van der Waals surface area contributed by atoms with Crippen LogP contribution in [-0.2, 0) is 16.1 Å². The number of amides is 1. The zero-order valence-corrected chi connectivity index (χ0v) is 14.1. The number of rotatable bonds is 5. The second-order valence-electron chi connectivity index (χ2n) is 6.10. The highest BCUT2D eigenvalue weighted by atomic mass is 19.1. The maximum atomic E-state index is 14.2. The highest BCUT2D eigenvalue weighted by molar-refractivity contribution is 5.79. The number of nitrogens with one attached hydrogen (secondary N) is 1. The zero-order chi connectivity index (χ0) is 17.6. The fraction of sp³-hybridized carbons (Fsp3) is 0.368. The molecule has 0 radical (unpaired) electrons. The SMILES string of the molecule is C[C@H]1OCCC[C@@H]1C(=O)NCc1ccc(Oc2cccnc2)c(F)c1. The summed E-state index contributed by atoms with van der Waals surface area (Å²) < 4.78 is 25.2. The van der Waals surface area contributed by atoms with Gasteiger partial charge >= 0.3 is 0 Å². The molecule has 2 atom stereocenters. The molecule has 3 rings (SSSR count). The van der Waals surface area contributed by atoms with Crippen LogP contribution in [0.1, 0.15) is 25.3 Å². The van der Waals surface area contributed by atoms with Crippen LogP contribution in [0.3, 0.4) is 0 Å². The van der Waals surface area contributed by atoms with Crippen molar-refractivity contribution < 1.29 is 18.7 Å². The molecule has 1 fully saturated rings. The van der Waals surface area contributed by atoms with Gasteiger partial charge in [-0.3, -0.25) is 9.78 Å². The van der Waals surface area contributed by atoms with Crippen molar-refractivity contribution in [3.05, 3.63) is 54.1 Å². The van der Waals surface area contributed by atoms with Crippen molar-refractivity contribution in [1.29, 1.82) is 0 Å². The summed E-state index contributed by atoms with van der Waals surface area (Å²) in [6.45, 7) is 2.88. The summed E-state index contributed by atoms with van der Waals surface area (Å²) in [4.78, 5) is 16.2. The van der Waals surface area contributed by atoms with Gasteiger partial charge < -0.3 is 14.8 Å². The summed E-state index contributed by atoms with van der Waals surface area (Å²) in [6, 6.07) is 8.07. The summed E-state index contributed by atoms with van der Waals surface area (Å²) in [5.41, 5.74) is 0.675. The van der Waals surface area contributed by atoms with Crippen molar-refractivity contribution in [3.8, 4) is 11.5 Å². The Balaban J connectivity index is 1.58. The van der Waals surface area contributed by atoms with E-state index in [-0.39, 0.29) is 30.2 Å². The summed E-state index contributed by atoms with van der Waals surface area (Å²) in [7, 11) is 0. The average molecular weight is 344 g/mol. The third kappa shape index (κ3) is 4.54. The third-order valence-corrected chi connectivity index (χ3v) is 4.27. The Morgan fingerprint density at radius 3 is 3.04 bits per heavy atom. The maximum Gasteiger partial charge on any atom is 0.225 e. The highest BCUT2D eigenvalue weighted by Gasteiger charge is 2.28. The Labute approximate surface area is 146 Å². The first-order valence-electron chi connectivity index (χ1n) is 8.39. The number of halogens is 1. The van der Waals surface area contributed by atoms with Crippen LogP contribution in [0.5, 0.6) is 11.5 Å². The molecule has 0 aliphatic carbocycles. The van der Waals surface area contributed by atoms with Crippen LogP contribution in [-0.4, -0.2) is 23.6 Å². The number of carbonyl (C=O) groups is 1. The Morgan fingerprint density at radius 2 is 2.32 bits per heavy atom. The summed E-state index contributed by atoms with van der Waals surface area (Å²) in [5.74, 6) is -0.0915. The van der Waals surface area contributed by atoms with Gasteiger partial charge in [0.1, 0.15) is 5.75 Å². The van der Waals surface area contributed by atoms with Gasteiger partial charge in [-0.05, 0) is 49.6 Å². The van der Waals surface area contributed by atoms with E-state index >= 15 is 0 Å². The lowest BCUT2D eigenvalue weighted by Gasteiger charge is -2.28. The van der Waals surface area contributed by atoms with Crippen LogP contribution >= 0.6 is 0 Å².